The van der Waals surface area contributed by atoms with Crippen LogP contribution in [0, 0.1) is 5.95 Å². The van der Waals surface area contributed by atoms with Crippen molar-refractivity contribution in [3.8, 4) is 0 Å². The molecule has 1 aromatic rings. The third kappa shape index (κ3) is 3.97. The van der Waals surface area contributed by atoms with E-state index in [9.17, 15) is 17.6 Å². The van der Waals surface area contributed by atoms with Crippen molar-refractivity contribution in [3.63, 3.8) is 0 Å². The van der Waals surface area contributed by atoms with Crippen molar-refractivity contribution < 1.29 is 17.6 Å². The number of rotatable bonds is 3. The maximum Gasteiger partial charge on any atom is 0.255 e. The largest absolute Gasteiger partial charge is 0.337 e. The van der Waals surface area contributed by atoms with Gasteiger partial charge in [-0.1, -0.05) is 0 Å². The highest BCUT2D eigenvalue weighted by Crippen LogP contribution is 2.14. The molecule has 1 fully saturated rings. The second kappa shape index (κ2) is 5.84. The van der Waals surface area contributed by atoms with Gasteiger partial charge in [0.1, 0.15) is 0 Å². The van der Waals surface area contributed by atoms with E-state index in [0.717, 1.165) is 12.3 Å². The number of carbonyl (C=O) groups excluding carboxylic acids is 1. The van der Waals surface area contributed by atoms with Gasteiger partial charge in [-0.3, -0.25) is 4.79 Å². The number of halogens is 1. The second-order valence-electron chi connectivity index (χ2n) is 4.85. The summed E-state index contributed by atoms with van der Waals surface area (Å²) in [4.78, 5) is 17.2. The summed E-state index contributed by atoms with van der Waals surface area (Å²) in [7, 11) is -3.29. The Morgan fingerprint density at radius 2 is 2.25 bits per heavy atom. The first-order valence-corrected chi connectivity index (χ1v) is 8.12. The molecule has 0 aliphatic carbocycles. The molecule has 6 nitrogen and oxygen atoms in total. The lowest BCUT2D eigenvalue weighted by atomic mass is 10.1. The van der Waals surface area contributed by atoms with Crippen LogP contribution in [0.4, 0.5) is 4.39 Å². The van der Waals surface area contributed by atoms with Gasteiger partial charge in [-0.25, -0.2) is 18.1 Å². The number of carbonyl (C=O) groups is 1. The van der Waals surface area contributed by atoms with Crippen molar-refractivity contribution in [1.29, 1.82) is 0 Å². The van der Waals surface area contributed by atoms with Gasteiger partial charge in [0.2, 0.25) is 16.0 Å². The van der Waals surface area contributed by atoms with E-state index in [1.165, 1.54) is 12.3 Å². The molecule has 1 aliphatic heterocycles. The molecule has 0 saturated carbocycles. The molecule has 0 spiro atoms. The number of hydrogen-bond acceptors (Lipinski definition) is 4. The minimum Gasteiger partial charge on any atom is -0.337 e. The molecule has 1 aliphatic rings. The zero-order chi connectivity index (χ0) is 14.8. The molecule has 2 heterocycles. The summed E-state index contributed by atoms with van der Waals surface area (Å²) in [5, 5.41) is 0. The van der Waals surface area contributed by atoms with Crippen molar-refractivity contribution in [2.24, 2.45) is 0 Å². The first kappa shape index (κ1) is 14.9. The quantitative estimate of drug-likeness (QED) is 0.818. The highest BCUT2D eigenvalue weighted by atomic mass is 32.2. The molecule has 8 heteroatoms. The van der Waals surface area contributed by atoms with E-state index in [1.807, 2.05) is 0 Å². The van der Waals surface area contributed by atoms with Crippen LogP contribution < -0.4 is 4.72 Å². The summed E-state index contributed by atoms with van der Waals surface area (Å²) >= 11 is 0. The number of likely N-dealkylation sites (tertiary alicyclic amines) is 1. The fourth-order valence-corrected chi connectivity index (χ4v) is 3.04. The first-order chi connectivity index (χ1) is 9.35. The number of hydrogen-bond donors (Lipinski definition) is 1. The topological polar surface area (TPSA) is 79.4 Å². The van der Waals surface area contributed by atoms with Crippen LogP contribution in [0.15, 0.2) is 18.3 Å². The van der Waals surface area contributed by atoms with E-state index >= 15 is 0 Å². The molecule has 0 radical (unpaired) electrons. The zero-order valence-electron chi connectivity index (χ0n) is 11.0. The molecular formula is C12H16FN3O3S. The molecule has 1 saturated heterocycles. The van der Waals surface area contributed by atoms with Crippen LogP contribution in [0.2, 0.25) is 0 Å². The Hall–Kier alpha value is -1.54. The monoisotopic (exact) mass is 301 g/mol. The number of nitrogens with zero attached hydrogens (tertiary/aromatic N) is 2. The Kier molecular flexibility index (Phi) is 4.34. The minimum atomic E-state index is -3.29. The lowest BCUT2D eigenvalue weighted by Gasteiger charge is -2.32. The van der Waals surface area contributed by atoms with Crippen molar-refractivity contribution in [3.05, 3.63) is 29.8 Å². The Bertz CT molecular complexity index is 588. The van der Waals surface area contributed by atoms with Crippen LogP contribution in [0.25, 0.3) is 0 Å². The average Bonchev–Trinajstić information content (AvgIpc) is 2.37. The summed E-state index contributed by atoms with van der Waals surface area (Å²) in [5.41, 5.74) is 0.298. The summed E-state index contributed by atoms with van der Waals surface area (Å²) in [6, 6.07) is 2.22. The van der Waals surface area contributed by atoms with Gasteiger partial charge in [-0.05, 0) is 25.0 Å². The fourth-order valence-electron chi connectivity index (χ4n) is 2.25. The van der Waals surface area contributed by atoms with E-state index in [-0.39, 0.29) is 11.9 Å². The predicted molar refractivity (Wildman–Crippen MR) is 71.1 cm³/mol. The van der Waals surface area contributed by atoms with E-state index in [0.29, 0.717) is 31.5 Å². The van der Waals surface area contributed by atoms with E-state index in [4.69, 9.17) is 0 Å². The smallest absolute Gasteiger partial charge is 0.255 e. The molecule has 1 atom stereocenters. The lowest BCUT2D eigenvalue weighted by Crippen LogP contribution is -2.49. The molecule has 1 N–H and O–H groups in total. The standard InChI is InChI=1S/C12H16FN3O3S/c1-20(18,19)15-10-3-2-6-16(8-10)12(17)9-4-5-11(13)14-7-9/h4-5,7,10,15H,2-3,6,8H2,1H3. The Balaban J connectivity index is 2.05. The van der Waals surface area contributed by atoms with Crippen LogP contribution in [-0.4, -0.2) is 49.6 Å². The van der Waals surface area contributed by atoms with Crippen LogP contribution in [0.5, 0.6) is 0 Å². The van der Waals surface area contributed by atoms with Gasteiger partial charge in [0.25, 0.3) is 5.91 Å². The minimum absolute atomic E-state index is 0.266. The maximum atomic E-state index is 12.7. The summed E-state index contributed by atoms with van der Waals surface area (Å²) in [6.07, 6.45) is 3.69. The normalized spacial score (nSPS) is 19.9. The van der Waals surface area contributed by atoms with Gasteiger partial charge in [0, 0.05) is 25.3 Å². The second-order valence-corrected chi connectivity index (χ2v) is 6.63. The molecule has 1 amide bonds. The zero-order valence-corrected chi connectivity index (χ0v) is 11.9. The van der Waals surface area contributed by atoms with Crippen LogP contribution in [0.1, 0.15) is 23.2 Å². The molecule has 0 aromatic carbocycles. The number of piperidine rings is 1. The highest BCUT2D eigenvalue weighted by Gasteiger charge is 2.26. The van der Waals surface area contributed by atoms with Crippen molar-refractivity contribution >= 4 is 15.9 Å². The molecule has 110 valence electrons. The van der Waals surface area contributed by atoms with Crippen molar-refractivity contribution in [1.82, 2.24) is 14.6 Å². The van der Waals surface area contributed by atoms with Gasteiger partial charge < -0.3 is 4.90 Å². The molecule has 20 heavy (non-hydrogen) atoms. The van der Waals surface area contributed by atoms with Crippen LogP contribution in [0.3, 0.4) is 0 Å². The van der Waals surface area contributed by atoms with Gasteiger partial charge in [-0.2, -0.15) is 4.39 Å². The predicted octanol–water partition coefficient (Wildman–Crippen LogP) is 0.374. The maximum absolute atomic E-state index is 12.7. The lowest BCUT2D eigenvalue weighted by molar-refractivity contribution is 0.0702. The highest BCUT2D eigenvalue weighted by molar-refractivity contribution is 7.88. The van der Waals surface area contributed by atoms with Crippen molar-refractivity contribution in [2.75, 3.05) is 19.3 Å². The number of sulfonamides is 1. The molecule has 0 bridgehead atoms. The Morgan fingerprint density at radius 1 is 1.50 bits per heavy atom. The third-order valence-corrected chi connectivity index (χ3v) is 3.83. The summed E-state index contributed by atoms with van der Waals surface area (Å²) in [5.74, 6) is -0.908. The number of nitrogens with one attached hydrogen (secondary N) is 1. The first-order valence-electron chi connectivity index (χ1n) is 6.23. The summed E-state index contributed by atoms with van der Waals surface area (Å²) in [6.45, 7) is 0.863. The molecular weight excluding hydrogens is 285 g/mol. The van der Waals surface area contributed by atoms with Crippen molar-refractivity contribution in [2.45, 2.75) is 18.9 Å². The number of pyridine rings is 1. The molecule has 2 rings (SSSR count). The Morgan fingerprint density at radius 3 is 2.85 bits per heavy atom. The molecule has 1 unspecified atom stereocenters. The Labute approximate surface area is 117 Å². The van der Waals surface area contributed by atoms with E-state index < -0.39 is 16.0 Å². The average molecular weight is 301 g/mol. The summed E-state index contributed by atoms with van der Waals surface area (Å²) < 4.78 is 37.7. The third-order valence-electron chi connectivity index (χ3n) is 3.06. The van der Waals surface area contributed by atoms with Gasteiger partial charge >= 0.3 is 0 Å². The van der Waals surface area contributed by atoms with E-state index in [1.54, 1.807) is 4.90 Å². The molecule has 1 aromatic heterocycles. The van der Waals surface area contributed by atoms with Gasteiger partial charge in [-0.15, -0.1) is 0 Å². The van der Waals surface area contributed by atoms with E-state index in [2.05, 4.69) is 9.71 Å². The van der Waals surface area contributed by atoms with Gasteiger partial charge in [0.05, 0.1) is 11.8 Å². The van der Waals surface area contributed by atoms with Crippen LogP contribution >= 0.6 is 0 Å². The number of aromatic nitrogens is 1. The fraction of sp³-hybridized carbons (Fsp3) is 0.500. The van der Waals surface area contributed by atoms with Crippen LogP contribution in [-0.2, 0) is 10.0 Å². The number of amides is 1. The SMILES string of the molecule is CS(=O)(=O)NC1CCCN(C(=O)c2ccc(F)nc2)C1. The van der Waals surface area contributed by atoms with Gasteiger partial charge in [0.15, 0.2) is 0 Å².